The van der Waals surface area contributed by atoms with Gasteiger partial charge >= 0.3 is 0 Å². The first-order chi connectivity index (χ1) is 10.2. The first-order valence-corrected chi connectivity index (χ1v) is 7.77. The molecule has 1 aliphatic heterocycles. The summed E-state index contributed by atoms with van der Waals surface area (Å²) in [6.07, 6.45) is 4.94. The standard InChI is InChI=1S/C15H24N4O2/c1-18(9-12-2-3-12)10-14-11-19(6-7-21-14)15(20)8-13-4-5-16-17-13/h4-5,12,14H,2-3,6-11H2,1H3,(H,16,17). The predicted octanol–water partition coefficient (Wildman–Crippen LogP) is 0.521. The monoisotopic (exact) mass is 292 g/mol. The Morgan fingerprint density at radius 1 is 1.52 bits per heavy atom. The van der Waals surface area contributed by atoms with Gasteiger partial charge in [-0.1, -0.05) is 0 Å². The van der Waals surface area contributed by atoms with Crippen LogP contribution >= 0.6 is 0 Å². The summed E-state index contributed by atoms with van der Waals surface area (Å²) >= 11 is 0. The second-order valence-electron chi connectivity index (χ2n) is 6.26. The fourth-order valence-corrected chi connectivity index (χ4v) is 2.88. The van der Waals surface area contributed by atoms with Crippen LogP contribution in [0.15, 0.2) is 12.3 Å². The van der Waals surface area contributed by atoms with E-state index in [1.165, 1.54) is 12.8 Å². The molecule has 1 aromatic heterocycles. The van der Waals surface area contributed by atoms with Crippen molar-refractivity contribution in [2.24, 2.45) is 5.92 Å². The Morgan fingerprint density at radius 2 is 2.38 bits per heavy atom. The second kappa shape index (κ2) is 6.58. The van der Waals surface area contributed by atoms with E-state index in [4.69, 9.17) is 4.74 Å². The second-order valence-corrected chi connectivity index (χ2v) is 6.26. The highest BCUT2D eigenvalue weighted by Crippen LogP contribution is 2.29. The zero-order chi connectivity index (χ0) is 14.7. The van der Waals surface area contributed by atoms with E-state index in [0.717, 1.165) is 24.7 Å². The number of aromatic nitrogens is 2. The minimum atomic E-state index is 0.133. The van der Waals surface area contributed by atoms with Crippen molar-refractivity contribution in [2.75, 3.05) is 39.8 Å². The van der Waals surface area contributed by atoms with Crippen molar-refractivity contribution < 1.29 is 9.53 Å². The summed E-state index contributed by atoms with van der Waals surface area (Å²) < 4.78 is 5.81. The molecule has 1 unspecified atom stereocenters. The number of rotatable bonds is 6. The van der Waals surface area contributed by atoms with Crippen LogP contribution in [0.3, 0.4) is 0 Å². The summed E-state index contributed by atoms with van der Waals surface area (Å²) in [6, 6.07) is 1.85. The third-order valence-corrected chi connectivity index (χ3v) is 4.17. The van der Waals surface area contributed by atoms with E-state index in [1.54, 1.807) is 6.20 Å². The molecule has 0 bridgehead atoms. The maximum Gasteiger partial charge on any atom is 0.228 e. The Kier molecular flexibility index (Phi) is 4.55. The van der Waals surface area contributed by atoms with Crippen molar-refractivity contribution in [3.05, 3.63) is 18.0 Å². The van der Waals surface area contributed by atoms with Gasteiger partial charge in [0, 0.05) is 38.1 Å². The number of ether oxygens (including phenoxy) is 1. The number of hydrogen-bond acceptors (Lipinski definition) is 4. The molecule has 1 aromatic rings. The van der Waals surface area contributed by atoms with Gasteiger partial charge in [0.25, 0.3) is 0 Å². The highest BCUT2D eigenvalue weighted by molar-refractivity contribution is 5.78. The Labute approximate surface area is 125 Å². The molecule has 1 saturated heterocycles. The first-order valence-electron chi connectivity index (χ1n) is 7.77. The van der Waals surface area contributed by atoms with Crippen LogP contribution in [0, 0.1) is 5.92 Å². The fraction of sp³-hybridized carbons (Fsp3) is 0.733. The number of carbonyl (C=O) groups is 1. The Hall–Kier alpha value is -1.40. The number of H-pyrrole nitrogens is 1. The Morgan fingerprint density at radius 3 is 3.10 bits per heavy atom. The lowest BCUT2D eigenvalue weighted by molar-refractivity contribution is -0.138. The van der Waals surface area contributed by atoms with Gasteiger partial charge in [-0.15, -0.1) is 0 Å². The molecule has 1 amide bonds. The molecule has 2 heterocycles. The molecule has 21 heavy (non-hydrogen) atoms. The van der Waals surface area contributed by atoms with Crippen LogP contribution < -0.4 is 0 Å². The SMILES string of the molecule is CN(CC1CC1)CC1CN(C(=O)Cc2ccn[nH]2)CCO1. The van der Waals surface area contributed by atoms with Crippen molar-refractivity contribution in [1.29, 1.82) is 0 Å². The number of morpholine rings is 1. The van der Waals surface area contributed by atoms with Crippen LogP contribution in [0.1, 0.15) is 18.5 Å². The topological polar surface area (TPSA) is 61.5 Å². The van der Waals surface area contributed by atoms with Gasteiger partial charge in [-0.05, 0) is 31.9 Å². The minimum absolute atomic E-state index is 0.133. The molecule has 2 aliphatic rings. The molecule has 0 spiro atoms. The van der Waals surface area contributed by atoms with Crippen molar-refractivity contribution in [3.63, 3.8) is 0 Å². The van der Waals surface area contributed by atoms with Gasteiger partial charge in [-0.3, -0.25) is 9.89 Å². The van der Waals surface area contributed by atoms with Gasteiger partial charge in [0.05, 0.1) is 19.1 Å². The third-order valence-electron chi connectivity index (χ3n) is 4.17. The van der Waals surface area contributed by atoms with E-state index in [2.05, 4.69) is 22.1 Å². The number of hydrogen-bond donors (Lipinski definition) is 1. The number of likely N-dealkylation sites (N-methyl/N-ethyl adjacent to an activating group) is 1. The molecule has 6 nitrogen and oxygen atoms in total. The van der Waals surface area contributed by atoms with Gasteiger partial charge in [0.2, 0.25) is 5.91 Å². The van der Waals surface area contributed by atoms with E-state index in [0.29, 0.717) is 26.1 Å². The predicted molar refractivity (Wildman–Crippen MR) is 78.8 cm³/mol. The van der Waals surface area contributed by atoms with Crippen LogP contribution in [0.2, 0.25) is 0 Å². The maximum atomic E-state index is 12.3. The van der Waals surface area contributed by atoms with Gasteiger partial charge in [0.1, 0.15) is 0 Å². The molecule has 1 N–H and O–H groups in total. The molecule has 2 fully saturated rings. The summed E-state index contributed by atoms with van der Waals surface area (Å²) in [7, 11) is 2.15. The van der Waals surface area contributed by atoms with E-state index in [1.807, 2.05) is 11.0 Å². The molecule has 0 radical (unpaired) electrons. The lowest BCUT2D eigenvalue weighted by Crippen LogP contribution is -2.49. The van der Waals surface area contributed by atoms with Crippen molar-refractivity contribution >= 4 is 5.91 Å². The lowest BCUT2D eigenvalue weighted by Gasteiger charge is -2.35. The van der Waals surface area contributed by atoms with E-state index < -0.39 is 0 Å². The normalized spacial score (nSPS) is 22.8. The van der Waals surface area contributed by atoms with Crippen molar-refractivity contribution in [1.82, 2.24) is 20.0 Å². The average molecular weight is 292 g/mol. The van der Waals surface area contributed by atoms with Gasteiger partial charge < -0.3 is 14.5 Å². The number of amides is 1. The Bertz CT molecular complexity index is 458. The van der Waals surface area contributed by atoms with Gasteiger partial charge in [0.15, 0.2) is 0 Å². The maximum absolute atomic E-state index is 12.3. The molecule has 0 aromatic carbocycles. The highest BCUT2D eigenvalue weighted by Gasteiger charge is 2.27. The van der Waals surface area contributed by atoms with Crippen LogP contribution in [0.25, 0.3) is 0 Å². The number of carbonyl (C=O) groups excluding carboxylic acids is 1. The quantitative estimate of drug-likeness (QED) is 0.830. The molecule has 1 saturated carbocycles. The van der Waals surface area contributed by atoms with Crippen LogP contribution in [0.4, 0.5) is 0 Å². The first kappa shape index (κ1) is 14.5. The lowest BCUT2D eigenvalue weighted by atomic mass is 10.2. The summed E-state index contributed by atoms with van der Waals surface area (Å²) in [5, 5.41) is 6.72. The summed E-state index contributed by atoms with van der Waals surface area (Å²) in [5.41, 5.74) is 0.869. The van der Waals surface area contributed by atoms with Crippen LogP contribution in [-0.2, 0) is 16.0 Å². The summed E-state index contributed by atoms with van der Waals surface area (Å²) in [4.78, 5) is 16.5. The molecule has 1 atom stereocenters. The number of aromatic amines is 1. The number of nitrogens with zero attached hydrogens (tertiary/aromatic N) is 3. The van der Waals surface area contributed by atoms with Crippen LogP contribution in [-0.4, -0.2) is 71.8 Å². The largest absolute Gasteiger partial charge is 0.373 e. The van der Waals surface area contributed by atoms with Crippen molar-refractivity contribution in [2.45, 2.75) is 25.4 Å². The van der Waals surface area contributed by atoms with Gasteiger partial charge in [-0.2, -0.15) is 5.10 Å². The fourth-order valence-electron chi connectivity index (χ4n) is 2.88. The Balaban J connectivity index is 1.46. The molecule has 1 aliphatic carbocycles. The van der Waals surface area contributed by atoms with Crippen molar-refractivity contribution in [3.8, 4) is 0 Å². The minimum Gasteiger partial charge on any atom is -0.373 e. The third kappa shape index (κ3) is 4.28. The summed E-state index contributed by atoms with van der Waals surface area (Å²) in [6.45, 7) is 4.08. The molecule has 6 heteroatoms. The number of nitrogens with one attached hydrogen (secondary N) is 1. The molecule has 116 valence electrons. The smallest absolute Gasteiger partial charge is 0.228 e. The zero-order valence-electron chi connectivity index (χ0n) is 12.6. The van der Waals surface area contributed by atoms with E-state index >= 15 is 0 Å². The van der Waals surface area contributed by atoms with E-state index in [9.17, 15) is 4.79 Å². The average Bonchev–Trinajstić information content (AvgIpc) is 3.12. The van der Waals surface area contributed by atoms with Crippen LogP contribution in [0.5, 0.6) is 0 Å². The van der Waals surface area contributed by atoms with Gasteiger partial charge in [-0.25, -0.2) is 0 Å². The molecular weight excluding hydrogens is 268 g/mol. The molecular formula is C15H24N4O2. The molecule has 3 rings (SSSR count). The van der Waals surface area contributed by atoms with E-state index in [-0.39, 0.29) is 12.0 Å². The zero-order valence-corrected chi connectivity index (χ0v) is 12.6. The summed E-state index contributed by atoms with van der Waals surface area (Å²) in [5.74, 6) is 1.04. The highest BCUT2D eigenvalue weighted by atomic mass is 16.5.